The van der Waals surface area contributed by atoms with Crippen LogP contribution in [0.5, 0.6) is 0 Å². The molecule has 0 aliphatic carbocycles. The topological polar surface area (TPSA) is 54.8 Å². The summed E-state index contributed by atoms with van der Waals surface area (Å²) in [7, 11) is 0. The van der Waals surface area contributed by atoms with Crippen LogP contribution in [0.2, 0.25) is 0 Å². The van der Waals surface area contributed by atoms with Gasteiger partial charge in [0.2, 0.25) is 0 Å². The van der Waals surface area contributed by atoms with Crippen molar-refractivity contribution in [3.05, 3.63) is 235 Å². The summed E-state index contributed by atoms with van der Waals surface area (Å²) in [5, 5.41) is 8.37. The van der Waals surface area contributed by atoms with Crippen molar-refractivity contribution in [2.75, 3.05) is 0 Å². The number of amidine groups is 2. The van der Waals surface area contributed by atoms with Crippen LogP contribution in [0.4, 0.5) is 0 Å². The average Bonchev–Trinajstić information content (AvgIpc) is 3.90. The minimum absolute atomic E-state index is 0.325. The second-order valence-corrected chi connectivity index (χ2v) is 15.8. The summed E-state index contributed by atoms with van der Waals surface area (Å²) in [6, 6.07) is 77.1. The van der Waals surface area contributed by atoms with E-state index < -0.39 is 0 Å². The minimum Gasteiger partial charge on any atom is -0.455 e. The third-order valence-electron chi connectivity index (χ3n) is 12.1. The number of furan rings is 1. The van der Waals surface area contributed by atoms with Gasteiger partial charge in [0.05, 0.1) is 11.0 Å². The summed E-state index contributed by atoms with van der Waals surface area (Å²) in [5.41, 5.74) is 14.7. The number of aromatic nitrogens is 1. The van der Waals surface area contributed by atoms with Gasteiger partial charge in [-0.3, -0.25) is 0 Å². The lowest BCUT2D eigenvalue weighted by Gasteiger charge is -2.25. The molecule has 62 heavy (non-hydrogen) atoms. The van der Waals surface area contributed by atoms with Gasteiger partial charge in [0.1, 0.15) is 23.2 Å². The Hall–Kier alpha value is -8.28. The van der Waals surface area contributed by atoms with Crippen molar-refractivity contribution in [3.63, 3.8) is 0 Å². The van der Waals surface area contributed by atoms with Crippen LogP contribution in [0.1, 0.15) is 22.9 Å². The monoisotopic (exact) mass is 794 g/mol. The molecule has 1 unspecified atom stereocenters. The Kier molecular flexibility index (Phi) is 8.49. The molecule has 0 amide bonds. The number of nitrogens with zero attached hydrogens (tertiary/aromatic N) is 3. The third kappa shape index (κ3) is 6.10. The molecular weight excluding hydrogens is 757 g/mol. The average molecular weight is 795 g/mol. The van der Waals surface area contributed by atoms with E-state index in [1.165, 1.54) is 10.8 Å². The molecule has 0 spiro atoms. The first kappa shape index (κ1) is 35.6. The lowest BCUT2D eigenvalue weighted by molar-refractivity contribution is 0.670. The van der Waals surface area contributed by atoms with Crippen LogP contribution in [0.25, 0.3) is 82.8 Å². The summed E-state index contributed by atoms with van der Waals surface area (Å²) in [4.78, 5) is 10.4. The van der Waals surface area contributed by atoms with Crippen molar-refractivity contribution in [3.8, 4) is 39.1 Å². The predicted molar refractivity (Wildman–Crippen MR) is 256 cm³/mol. The first-order valence-electron chi connectivity index (χ1n) is 21.0. The molecule has 12 rings (SSSR count). The molecule has 0 fully saturated rings. The Labute approximate surface area is 358 Å². The zero-order valence-electron chi connectivity index (χ0n) is 33.6. The molecular formula is C57H38N4O. The lowest BCUT2D eigenvalue weighted by Crippen LogP contribution is -2.34. The number of hydrogen-bond donors (Lipinski definition) is 1. The van der Waals surface area contributed by atoms with Crippen LogP contribution in [-0.2, 0) is 0 Å². The molecule has 0 radical (unpaired) electrons. The lowest BCUT2D eigenvalue weighted by atomic mass is 9.94. The highest BCUT2D eigenvalue weighted by molar-refractivity contribution is 6.16. The molecule has 0 saturated carbocycles. The van der Waals surface area contributed by atoms with E-state index in [4.69, 9.17) is 14.4 Å². The van der Waals surface area contributed by atoms with Gasteiger partial charge in [0, 0.05) is 43.9 Å². The smallest absolute Gasteiger partial charge is 0.159 e. The number of aliphatic imine (C=N–C) groups is 2. The van der Waals surface area contributed by atoms with E-state index in [2.05, 4.69) is 192 Å². The van der Waals surface area contributed by atoms with Crippen LogP contribution < -0.4 is 5.32 Å². The first-order valence-corrected chi connectivity index (χ1v) is 21.0. The van der Waals surface area contributed by atoms with Crippen molar-refractivity contribution >= 4 is 55.4 Å². The molecule has 9 aromatic carbocycles. The molecule has 11 aromatic rings. The number of rotatable bonds is 7. The van der Waals surface area contributed by atoms with Gasteiger partial charge >= 0.3 is 0 Å². The van der Waals surface area contributed by atoms with E-state index in [1.807, 2.05) is 36.4 Å². The van der Waals surface area contributed by atoms with E-state index in [0.717, 1.165) is 94.6 Å². The molecule has 1 aliphatic heterocycles. The van der Waals surface area contributed by atoms with Crippen LogP contribution >= 0.6 is 0 Å². The Morgan fingerprint density at radius 2 is 1.06 bits per heavy atom. The zero-order chi connectivity index (χ0) is 41.0. The van der Waals surface area contributed by atoms with Crippen molar-refractivity contribution in [2.45, 2.75) is 6.17 Å². The maximum atomic E-state index is 6.54. The molecule has 292 valence electrons. The van der Waals surface area contributed by atoms with E-state index in [1.54, 1.807) is 0 Å². The van der Waals surface area contributed by atoms with Gasteiger partial charge in [-0.2, -0.15) is 0 Å². The SMILES string of the molecule is c1ccc(C2=NC(c3ccccc3)NC(c3ccc(-n4c5ccccc5c5ccc(-c6cccc7c6oc6ccccc67)cc54)cc3-c3cccc(-c4ccccc4)c3)=N2)cc1. The maximum absolute atomic E-state index is 6.54. The molecule has 1 N–H and O–H groups in total. The molecule has 1 atom stereocenters. The summed E-state index contributed by atoms with van der Waals surface area (Å²) < 4.78 is 8.94. The van der Waals surface area contributed by atoms with Crippen LogP contribution in [-0.4, -0.2) is 16.2 Å². The highest BCUT2D eigenvalue weighted by Gasteiger charge is 2.24. The zero-order valence-corrected chi connectivity index (χ0v) is 33.6. The molecule has 5 heteroatoms. The van der Waals surface area contributed by atoms with Crippen LogP contribution in [0.15, 0.2) is 233 Å². The van der Waals surface area contributed by atoms with E-state index in [-0.39, 0.29) is 6.17 Å². The highest BCUT2D eigenvalue weighted by atomic mass is 16.3. The normalized spacial score (nSPS) is 14.0. The molecule has 3 heterocycles. The predicted octanol–water partition coefficient (Wildman–Crippen LogP) is 14.2. The number of hydrogen-bond acceptors (Lipinski definition) is 4. The van der Waals surface area contributed by atoms with Gasteiger partial charge in [0.15, 0.2) is 5.84 Å². The Morgan fingerprint density at radius 3 is 1.90 bits per heavy atom. The van der Waals surface area contributed by atoms with Crippen molar-refractivity contribution in [2.24, 2.45) is 9.98 Å². The molecule has 0 saturated heterocycles. The van der Waals surface area contributed by atoms with Gasteiger partial charge < -0.3 is 14.3 Å². The van der Waals surface area contributed by atoms with E-state index in [9.17, 15) is 0 Å². The third-order valence-corrected chi connectivity index (χ3v) is 12.1. The maximum Gasteiger partial charge on any atom is 0.159 e. The van der Waals surface area contributed by atoms with Gasteiger partial charge in [-0.05, 0) is 75.8 Å². The largest absolute Gasteiger partial charge is 0.455 e. The highest BCUT2D eigenvalue weighted by Crippen LogP contribution is 2.40. The van der Waals surface area contributed by atoms with E-state index in [0.29, 0.717) is 5.84 Å². The Balaban J connectivity index is 1.08. The summed E-state index contributed by atoms with van der Waals surface area (Å²) >= 11 is 0. The second kappa shape index (κ2) is 14.8. The fraction of sp³-hybridized carbons (Fsp3) is 0.0175. The summed E-state index contributed by atoms with van der Waals surface area (Å²) in [5.74, 6) is 1.46. The molecule has 1 aliphatic rings. The van der Waals surface area contributed by atoms with Crippen LogP contribution in [0.3, 0.4) is 0 Å². The fourth-order valence-corrected chi connectivity index (χ4v) is 9.11. The van der Waals surface area contributed by atoms with Gasteiger partial charge in [0.25, 0.3) is 0 Å². The number of para-hydroxylation sites is 3. The van der Waals surface area contributed by atoms with Gasteiger partial charge in [-0.15, -0.1) is 0 Å². The molecule has 5 nitrogen and oxygen atoms in total. The Bertz CT molecular complexity index is 3550. The standard InChI is InChI=1S/C57H38N4O/c1-4-16-37(17-5-1)40-22-14-23-41(34-40)50-36-43(31-33-49(50)57-59-55(38-18-6-2-7-19-38)58-56(60-57)39-20-8-3-9-21-39)61-51-28-12-10-24-45(51)46-32-30-42(35-52(46)61)44-26-15-27-48-47-25-11-13-29-53(47)62-54(44)48/h1-36,55H,(H,58,59,60). The van der Waals surface area contributed by atoms with Gasteiger partial charge in [-0.1, -0.05) is 176 Å². The minimum atomic E-state index is -0.325. The quantitative estimate of drug-likeness (QED) is 0.175. The number of fused-ring (bicyclic) bond motifs is 6. The number of nitrogens with one attached hydrogen (secondary N) is 1. The summed E-state index contributed by atoms with van der Waals surface area (Å²) in [6.07, 6.45) is -0.325. The van der Waals surface area contributed by atoms with Gasteiger partial charge in [-0.25, -0.2) is 9.98 Å². The fourth-order valence-electron chi connectivity index (χ4n) is 9.11. The second-order valence-electron chi connectivity index (χ2n) is 15.8. The first-order chi connectivity index (χ1) is 30.7. The van der Waals surface area contributed by atoms with Crippen molar-refractivity contribution in [1.82, 2.24) is 9.88 Å². The van der Waals surface area contributed by atoms with Crippen LogP contribution in [0, 0.1) is 0 Å². The molecule has 0 bridgehead atoms. The van der Waals surface area contributed by atoms with Crippen molar-refractivity contribution < 1.29 is 4.42 Å². The van der Waals surface area contributed by atoms with E-state index >= 15 is 0 Å². The molecule has 2 aromatic heterocycles. The van der Waals surface area contributed by atoms with Crippen molar-refractivity contribution in [1.29, 1.82) is 0 Å². The number of benzene rings is 9. The summed E-state index contributed by atoms with van der Waals surface area (Å²) in [6.45, 7) is 0. The Morgan fingerprint density at radius 1 is 0.419 bits per heavy atom.